The van der Waals surface area contributed by atoms with Crippen LogP contribution in [-0.4, -0.2) is 68.2 Å². The van der Waals surface area contributed by atoms with E-state index in [0.717, 1.165) is 17.4 Å². The summed E-state index contributed by atoms with van der Waals surface area (Å²) in [6, 6.07) is 18.7. The van der Waals surface area contributed by atoms with Gasteiger partial charge in [0.2, 0.25) is 11.9 Å². The lowest BCUT2D eigenvalue weighted by Crippen LogP contribution is -2.12. The van der Waals surface area contributed by atoms with Gasteiger partial charge in [0.05, 0.1) is 22.4 Å². The smallest absolute Gasteiger partial charge is 0.335 e. The van der Waals surface area contributed by atoms with Crippen LogP contribution < -0.4 is 16.4 Å². The Kier molecular flexibility index (Phi) is 8.63. The monoisotopic (exact) mass is 678 g/mol. The van der Waals surface area contributed by atoms with Crippen molar-refractivity contribution in [2.75, 3.05) is 16.4 Å². The van der Waals surface area contributed by atoms with Crippen molar-refractivity contribution >= 4 is 69.2 Å². The molecular formula is C30H22N12O6S. The normalized spacial score (nSPS) is 11.0. The fourth-order valence-electron chi connectivity index (χ4n) is 4.36. The second-order valence-electron chi connectivity index (χ2n) is 10.0. The van der Waals surface area contributed by atoms with Gasteiger partial charge in [-0.25, -0.2) is 14.4 Å². The van der Waals surface area contributed by atoms with Crippen LogP contribution in [-0.2, 0) is 0 Å². The van der Waals surface area contributed by atoms with E-state index in [9.17, 15) is 29.7 Å². The minimum absolute atomic E-state index is 0.00370. The van der Waals surface area contributed by atoms with E-state index in [1.54, 1.807) is 43.3 Å². The lowest BCUT2D eigenvalue weighted by Gasteiger charge is -2.12. The number of nitrogens with one attached hydrogen (secondary N) is 2. The van der Waals surface area contributed by atoms with Crippen LogP contribution in [0.4, 0.5) is 39.9 Å². The number of rotatable bonds is 11. The number of hydrogen-bond acceptors (Lipinski definition) is 15. The predicted octanol–water partition coefficient (Wildman–Crippen LogP) is 5.46. The van der Waals surface area contributed by atoms with Gasteiger partial charge in [0.15, 0.2) is 11.5 Å². The molecule has 49 heavy (non-hydrogen) atoms. The van der Waals surface area contributed by atoms with Crippen molar-refractivity contribution in [2.45, 2.75) is 6.92 Å². The minimum atomic E-state index is -1.33. The van der Waals surface area contributed by atoms with Gasteiger partial charge < -0.3 is 31.7 Å². The molecule has 6 rings (SSSR count). The second-order valence-corrected chi connectivity index (χ2v) is 11.0. The fraction of sp³-hybridized carbons (Fsp3) is 0.0333. The maximum Gasteiger partial charge on any atom is 0.335 e. The lowest BCUT2D eigenvalue weighted by molar-refractivity contribution is 0.0682. The fourth-order valence-corrected chi connectivity index (χ4v) is 5.02. The van der Waals surface area contributed by atoms with E-state index in [0.29, 0.717) is 22.0 Å². The molecule has 0 amide bonds. The number of nitrogens with zero attached hydrogens (tertiary/aromatic N) is 9. The van der Waals surface area contributed by atoms with Crippen LogP contribution in [0, 0.1) is 6.92 Å². The number of carboxylic acid groups (broad SMARTS) is 3. The molecule has 0 radical (unpaired) electrons. The van der Waals surface area contributed by atoms with Gasteiger partial charge in [0.25, 0.3) is 11.1 Å². The van der Waals surface area contributed by atoms with Crippen LogP contribution in [0.5, 0.6) is 0 Å². The maximum atomic E-state index is 11.7. The minimum Gasteiger partial charge on any atom is -0.478 e. The summed E-state index contributed by atoms with van der Waals surface area (Å²) in [5.41, 5.74) is 7.82. The van der Waals surface area contributed by atoms with Gasteiger partial charge in [0, 0.05) is 16.9 Å². The Morgan fingerprint density at radius 1 is 0.755 bits per heavy atom. The zero-order chi connectivity index (χ0) is 34.7. The van der Waals surface area contributed by atoms with Gasteiger partial charge in [-0.1, -0.05) is 41.7 Å². The molecule has 0 saturated carbocycles. The number of benzene rings is 3. The predicted molar refractivity (Wildman–Crippen MR) is 176 cm³/mol. The first-order valence-electron chi connectivity index (χ1n) is 14.0. The molecule has 3 aromatic carbocycles. The molecule has 0 aliphatic heterocycles. The van der Waals surface area contributed by atoms with Crippen LogP contribution in [0.1, 0.15) is 36.8 Å². The Hall–Kier alpha value is -7.15. The van der Waals surface area contributed by atoms with Crippen molar-refractivity contribution < 1.29 is 29.7 Å². The molecule has 19 heteroatoms. The van der Waals surface area contributed by atoms with E-state index in [2.05, 4.69) is 51.1 Å². The summed E-state index contributed by atoms with van der Waals surface area (Å²) >= 11 is 1.09. The third-order valence-corrected chi connectivity index (χ3v) is 7.45. The van der Waals surface area contributed by atoms with E-state index < -0.39 is 17.9 Å². The highest BCUT2D eigenvalue weighted by atomic mass is 32.1. The molecule has 3 heterocycles. The highest BCUT2D eigenvalue weighted by molar-refractivity contribution is 7.18. The molecule has 0 spiro atoms. The number of para-hydroxylation sites is 1. The van der Waals surface area contributed by atoms with E-state index in [-0.39, 0.29) is 56.9 Å². The first kappa shape index (κ1) is 31.8. The average molecular weight is 679 g/mol. The number of azo groups is 1. The molecule has 0 fully saturated rings. The van der Waals surface area contributed by atoms with Crippen molar-refractivity contribution in [3.8, 4) is 16.5 Å². The number of aromatic carboxylic acids is 3. The Morgan fingerprint density at radius 2 is 1.41 bits per heavy atom. The van der Waals surface area contributed by atoms with Crippen molar-refractivity contribution in [1.29, 1.82) is 0 Å². The molecule has 0 aliphatic rings. The highest BCUT2D eigenvalue weighted by Gasteiger charge is 2.20. The molecule has 244 valence electrons. The van der Waals surface area contributed by atoms with Crippen molar-refractivity contribution in [1.82, 2.24) is 34.9 Å². The molecule has 6 aromatic rings. The lowest BCUT2D eigenvalue weighted by atomic mass is 10.1. The van der Waals surface area contributed by atoms with Crippen LogP contribution in [0.3, 0.4) is 0 Å². The summed E-state index contributed by atoms with van der Waals surface area (Å²) in [7, 11) is 0. The van der Waals surface area contributed by atoms with Gasteiger partial charge in [-0.3, -0.25) is 0 Å². The van der Waals surface area contributed by atoms with E-state index in [1.807, 2.05) is 6.07 Å². The summed E-state index contributed by atoms with van der Waals surface area (Å²) in [6.07, 6.45) is 0. The van der Waals surface area contributed by atoms with Gasteiger partial charge >= 0.3 is 17.9 Å². The standard InChI is InChI=1S/C30H22N12O6S/c1-14-21(37-39-30-40-38-23(49-30)15-6-5-7-16(10-15)24(43)44)22(31)42(41-14)29-35-27(32-19-8-3-2-4-9-19)34-28(36-29)33-20-12-17(25(45)46)11-18(13-20)26(47)48/h2-13H,31H2,1H3,(H,43,44)(H,45,46)(H,47,48)(H2,32,33,34,35,36). The van der Waals surface area contributed by atoms with Gasteiger partial charge in [-0.2, -0.15) is 24.7 Å². The average Bonchev–Trinajstić information content (AvgIpc) is 3.67. The Bertz CT molecular complexity index is 2240. The maximum absolute atomic E-state index is 11.7. The zero-order valence-electron chi connectivity index (χ0n) is 25.0. The highest BCUT2D eigenvalue weighted by Crippen LogP contribution is 2.33. The van der Waals surface area contributed by atoms with Gasteiger partial charge in [0.1, 0.15) is 5.01 Å². The van der Waals surface area contributed by atoms with Crippen LogP contribution >= 0.6 is 11.3 Å². The van der Waals surface area contributed by atoms with Crippen LogP contribution in [0.25, 0.3) is 16.5 Å². The molecule has 0 aliphatic carbocycles. The number of aromatic nitrogens is 7. The number of nitrogen functional groups attached to an aromatic ring is 1. The van der Waals surface area contributed by atoms with Gasteiger partial charge in [-0.05, 0) is 49.4 Å². The quantitative estimate of drug-likeness (QED) is 0.0928. The molecule has 0 unspecified atom stereocenters. The number of carbonyl (C=O) groups is 3. The Morgan fingerprint density at radius 3 is 2.06 bits per heavy atom. The number of anilines is 5. The molecular weight excluding hydrogens is 656 g/mol. The first-order chi connectivity index (χ1) is 23.5. The largest absolute Gasteiger partial charge is 0.478 e. The third kappa shape index (κ3) is 7.15. The Balaban J connectivity index is 1.34. The summed E-state index contributed by atoms with van der Waals surface area (Å²) in [6.45, 7) is 1.64. The summed E-state index contributed by atoms with van der Waals surface area (Å²) in [4.78, 5) is 47.9. The zero-order valence-corrected chi connectivity index (χ0v) is 25.8. The van der Waals surface area contributed by atoms with Gasteiger partial charge in [-0.15, -0.1) is 20.4 Å². The number of nitrogens with two attached hydrogens (primary N) is 1. The van der Waals surface area contributed by atoms with Crippen molar-refractivity contribution in [3.63, 3.8) is 0 Å². The number of hydrogen-bond donors (Lipinski definition) is 6. The first-order valence-corrected chi connectivity index (χ1v) is 14.8. The number of aryl methyl sites for hydroxylation is 1. The molecule has 0 saturated heterocycles. The third-order valence-electron chi connectivity index (χ3n) is 6.60. The molecule has 0 atom stereocenters. The van der Waals surface area contributed by atoms with E-state index >= 15 is 0 Å². The molecule has 18 nitrogen and oxygen atoms in total. The molecule has 0 bridgehead atoms. The topological polar surface area (TPSA) is 269 Å². The van der Waals surface area contributed by atoms with Crippen molar-refractivity contribution in [3.05, 3.63) is 95.2 Å². The number of carboxylic acids is 3. The summed E-state index contributed by atoms with van der Waals surface area (Å²) < 4.78 is 1.20. The van der Waals surface area contributed by atoms with Crippen LogP contribution in [0.2, 0.25) is 0 Å². The van der Waals surface area contributed by atoms with Crippen LogP contribution in [0.15, 0.2) is 83.0 Å². The summed E-state index contributed by atoms with van der Waals surface area (Å²) in [5.74, 6) is -3.83. The molecule has 7 N–H and O–H groups in total. The summed E-state index contributed by atoms with van der Waals surface area (Å²) in [5, 5.41) is 55.7. The Labute approximate surface area is 278 Å². The second kappa shape index (κ2) is 13.3. The SMILES string of the molecule is Cc1nn(-c2nc(Nc3ccccc3)nc(Nc3cc(C(=O)O)cc(C(=O)O)c3)n2)c(N)c1N=Nc1nnc(-c2cccc(C(=O)O)c2)s1. The van der Waals surface area contributed by atoms with Crippen molar-refractivity contribution in [2.24, 2.45) is 10.2 Å². The van der Waals surface area contributed by atoms with E-state index in [1.165, 1.54) is 28.9 Å². The molecule has 3 aromatic heterocycles. The van der Waals surface area contributed by atoms with E-state index in [4.69, 9.17) is 5.73 Å².